The maximum Gasteiger partial charge on any atom is 0.360 e. The molecular formula is C25H28N2O4. The topological polar surface area (TPSA) is 63.0 Å². The zero-order valence-electron chi connectivity index (χ0n) is 18.1. The van der Waals surface area contributed by atoms with Gasteiger partial charge in [-0.25, -0.2) is 4.79 Å². The number of hydrogen-bond donors (Lipinski definition) is 0. The van der Waals surface area contributed by atoms with Gasteiger partial charge in [0, 0.05) is 18.5 Å². The van der Waals surface area contributed by atoms with Gasteiger partial charge < -0.3 is 14.1 Å². The lowest BCUT2D eigenvalue weighted by atomic mass is 9.98. The van der Waals surface area contributed by atoms with E-state index in [9.17, 15) is 9.59 Å². The number of carbonyl (C=O) groups excluding carboxylic acids is 1. The smallest absolute Gasteiger partial charge is 0.360 e. The minimum Gasteiger partial charge on any atom is -0.494 e. The van der Waals surface area contributed by atoms with Gasteiger partial charge in [0.2, 0.25) is 5.91 Å². The molecule has 1 aliphatic heterocycles. The highest BCUT2D eigenvalue weighted by molar-refractivity contribution is 5.98. The quantitative estimate of drug-likeness (QED) is 0.541. The van der Waals surface area contributed by atoms with E-state index < -0.39 is 5.63 Å². The molecule has 0 unspecified atom stereocenters. The minimum atomic E-state index is -0.455. The lowest BCUT2D eigenvalue weighted by molar-refractivity contribution is -0.119. The molecule has 1 aromatic heterocycles. The van der Waals surface area contributed by atoms with Gasteiger partial charge in [-0.2, -0.15) is 0 Å². The third-order valence-electron chi connectivity index (χ3n) is 5.51. The molecule has 0 spiro atoms. The molecule has 0 fully saturated rings. The summed E-state index contributed by atoms with van der Waals surface area (Å²) in [6.45, 7) is 4.10. The summed E-state index contributed by atoms with van der Waals surface area (Å²) in [5.74, 6) is 0.654. The van der Waals surface area contributed by atoms with E-state index in [0.717, 1.165) is 41.5 Å². The fourth-order valence-corrected chi connectivity index (χ4v) is 4.11. The Morgan fingerprint density at radius 1 is 1.19 bits per heavy atom. The summed E-state index contributed by atoms with van der Waals surface area (Å²) in [5, 5.41) is 0.846. The fourth-order valence-electron chi connectivity index (χ4n) is 4.11. The Morgan fingerprint density at radius 2 is 2.00 bits per heavy atom. The van der Waals surface area contributed by atoms with Gasteiger partial charge in [0.1, 0.15) is 17.0 Å². The van der Waals surface area contributed by atoms with E-state index in [4.69, 9.17) is 9.15 Å². The van der Waals surface area contributed by atoms with Gasteiger partial charge in [-0.05, 0) is 55.6 Å². The molecule has 0 aliphatic carbocycles. The predicted octanol–water partition coefficient (Wildman–Crippen LogP) is 3.99. The monoisotopic (exact) mass is 420 g/mol. The Hall–Kier alpha value is -3.12. The zero-order valence-corrected chi connectivity index (χ0v) is 18.1. The summed E-state index contributed by atoms with van der Waals surface area (Å²) in [6, 6.07) is 15.5. The van der Waals surface area contributed by atoms with Crippen molar-refractivity contribution in [3.05, 3.63) is 70.1 Å². The van der Waals surface area contributed by atoms with E-state index in [1.54, 1.807) is 11.0 Å². The SMILES string of the molecule is CCCOc1ccc2oc(=O)c3c(c2c1)CCCN3C(=O)CN(C)Cc1ccccc1. The Kier molecular flexibility index (Phi) is 6.37. The van der Waals surface area contributed by atoms with Crippen LogP contribution in [0.5, 0.6) is 5.75 Å². The van der Waals surface area contributed by atoms with E-state index in [1.807, 2.05) is 54.4 Å². The number of ether oxygens (including phenoxy) is 1. The van der Waals surface area contributed by atoms with Crippen molar-refractivity contribution in [2.45, 2.75) is 32.7 Å². The molecule has 0 bridgehead atoms. The third kappa shape index (κ3) is 4.64. The van der Waals surface area contributed by atoms with Crippen molar-refractivity contribution in [2.75, 3.05) is 31.6 Å². The largest absolute Gasteiger partial charge is 0.494 e. The number of anilines is 1. The first-order valence-electron chi connectivity index (χ1n) is 10.8. The number of fused-ring (bicyclic) bond motifs is 3. The van der Waals surface area contributed by atoms with E-state index in [1.165, 1.54) is 0 Å². The summed E-state index contributed by atoms with van der Waals surface area (Å²) >= 11 is 0. The number of aryl methyl sites for hydroxylation is 1. The molecule has 6 heteroatoms. The van der Waals surface area contributed by atoms with Gasteiger partial charge in [-0.1, -0.05) is 37.3 Å². The van der Waals surface area contributed by atoms with Gasteiger partial charge >= 0.3 is 5.63 Å². The van der Waals surface area contributed by atoms with Crippen LogP contribution < -0.4 is 15.3 Å². The van der Waals surface area contributed by atoms with Crippen molar-refractivity contribution in [1.29, 1.82) is 0 Å². The number of rotatable bonds is 7. The first-order valence-corrected chi connectivity index (χ1v) is 10.8. The highest BCUT2D eigenvalue weighted by atomic mass is 16.5. The lowest BCUT2D eigenvalue weighted by Gasteiger charge is -2.30. The molecule has 1 amide bonds. The number of benzene rings is 2. The van der Waals surface area contributed by atoms with Gasteiger partial charge in [0.15, 0.2) is 0 Å². The average molecular weight is 421 g/mol. The molecule has 0 saturated heterocycles. The second-order valence-electron chi connectivity index (χ2n) is 8.03. The molecule has 0 atom stereocenters. The van der Waals surface area contributed by atoms with Crippen molar-refractivity contribution in [1.82, 2.24) is 4.90 Å². The molecule has 0 radical (unpaired) electrons. The highest BCUT2D eigenvalue weighted by Gasteiger charge is 2.29. The van der Waals surface area contributed by atoms with Crippen LogP contribution in [0.15, 0.2) is 57.7 Å². The molecule has 1 aliphatic rings. The number of hydrogen-bond acceptors (Lipinski definition) is 5. The first kappa shape index (κ1) is 21.1. The summed E-state index contributed by atoms with van der Waals surface area (Å²) in [4.78, 5) is 29.5. The second kappa shape index (κ2) is 9.35. The maximum absolute atomic E-state index is 13.1. The minimum absolute atomic E-state index is 0.0931. The third-order valence-corrected chi connectivity index (χ3v) is 5.51. The van der Waals surface area contributed by atoms with Crippen molar-refractivity contribution < 1.29 is 13.9 Å². The number of amides is 1. The fraction of sp³-hybridized carbons (Fsp3) is 0.360. The lowest BCUT2D eigenvalue weighted by Crippen LogP contribution is -2.43. The van der Waals surface area contributed by atoms with E-state index in [-0.39, 0.29) is 12.5 Å². The standard InChI is InChI=1S/C25H28N2O4/c1-3-14-30-19-11-12-22-21(15-19)20-10-7-13-27(24(20)25(29)31-22)23(28)17-26(2)16-18-8-5-4-6-9-18/h4-6,8-9,11-12,15H,3,7,10,13-14,16-17H2,1-2H3. The van der Waals surface area contributed by atoms with Crippen LogP contribution in [0.25, 0.3) is 11.0 Å². The van der Waals surface area contributed by atoms with Crippen molar-refractivity contribution in [3.63, 3.8) is 0 Å². The maximum atomic E-state index is 13.1. The molecule has 31 heavy (non-hydrogen) atoms. The Bertz CT molecular complexity index is 1120. The predicted molar refractivity (Wildman–Crippen MR) is 122 cm³/mol. The average Bonchev–Trinajstić information content (AvgIpc) is 2.78. The Labute approximate surface area is 182 Å². The van der Waals surface area contributed by atoms with Crippen LogP contribution in [-0.4, -0.2) is 37.6 Å². The normalized spacial score (nSPS) is 13.5. The van der Waals surface area contributed by atoms with Gasteiger partial charge in [0.25, 0.3) is 0 Å². The molecule has 6 nitrogen and oxygen atoms in total. The van der Waals surface area contributed by atoms with Crippen LogP contribution in [0.4, 0.5) is 5.69 Å². The molecular weight excluding hydrogens is 392 g/mol. The van der Waals surface area contributed by atoms with Gasteiger partial charge in [-0.15, -0.1) is 0 Å². The molecule has 2 heterocycles. The van der Waals surface area contributed by atoms with Crippen LogP contribution in [-0.2, 0) is 17.8 Å². The van der Waals surface area contributed by atoms with Gasteiger partial charge in [0.05, 0.1) is 13.2 Å². The van der Waals surface area contributed by atoms with Crippen LogP contribution in [0.3, 0.4) is 0 Å². The van der Waals surface area contributed by atoms with Crippen LogP contribution >= 0.6 is 0 Å². The Morgan fingerprint density at radius 3 is 2.77 bits per heavy atom. The number of nitrogens with zero attached hydrogens (tertiary/aromatic N) is 2. The first-order chi connectivity index (χ1) is 15.1. The summed E-state index contributed by atoms with van der Waals surface area (Å²) in [7, 11) is 1.91. The number of likely N-dealkylation sites (N-methyl/N-ethyl adjacent to an activating group) is 1. The van der Waals surface area contributed by atoms with Crippen LogP contribution in [0.1, 0.15) is 30.9 Å². The van der Waals surface area contributed by atoms with E-state index in [2.05, 4.69) is 6.92 Å². The van der Waals surface area contributed by atoms with Crippen molar-refractivity contribution in [2.24, 2.45) is 0 Å². The molecule has 2 aromatic carbocycles. The van der Waals surface area contributed by atoms with Crippen molar-refractivity contribution in [3.8, 4) is 5.75 Å². The molecule has 4 rings (SSSR count). The van der Waals surface area contributed by atoms with Crippen LogP contribution in [0, 0.1) is 0 Å². The summed E-state index contributed by atoms with van der Waals surface area (Å²) in [6.07, 6.45) is 2.46. The Balaban J connectivity index is 1.61. The molecule has 0 saturated carbocycles. The summed E-state index contributed by atoms with van der Waals surface area (Å²) in [5.41, 5.74) is 2.47. The molecule has 162 valence electrons. The molecule has 0 N–H and O–H groups in total. The summed E-state index contributed by atoms with van der Waals surface area (Å²) < 4.78 is 11.3. The highest BCUT2D eigenvalue weighted by Crippen LogP contribution is 2.32. The van der Waals surface area contributed by atoms with E-state index >= 15 is 0 Å². The van der Waals surface area contributed by atoms with E-state index in [0.29, 0.717) is 31.0 Å². The second-order valence-corrected chi connectivity index (χ2v) is 8.03. The zero-order chi connectivity index (χ0) is 21.8. The van der Waals surface area contributed by atoms with Crippen LogP contribution in [0.2, 0.25) is 0 Å². The van der Waals surface area contributed by atoms with Crippen molar-refractivity contribution >= 4 is 22.6 Å². The molecule has 3 aromatic rings. The number of carbonyl (C=O) groups is 1. The van der Waals surface area contributed by atoms with Gasteiger partial charge in [-0.3, -0.25) is 9.69 Å².